The van der Waals surface area contributed by atoms with Crippen LogP contribution in [0.4, 0.5) is 5.69 Å². The SMILES string of the molecule is Cc1nc(C)c(C(C)Nc2cc(Cl)ccc2Br)s1. The van der Waals surface area contributed by atoms with Crippen molar-refractivity contribution in [2.24, 2.45) is 0 Å². The summed E-state index contributed by atoms with van der Waals surface area (Å²) in [6.45, 7) is 6.21. The molecule has 1 unspecified atom stereocenters. The maximum atomic E-state index is 6.01. The van der Waals surface area contributed by atoms with Crippen molar-refractivity contribution in [3.05, 3.63) is 43.3 Å². The predicted octanol–water partition coefficient (Wildman–Crippen LogP) is 5.35. The van der Waals surface area contributed by atoms with Crippen molar-refractivity contribution in [2.75, 3.05) is 5.32 Å². The molecule has 0 aliphatic heterocycles. The second kappa shape index (κ2) is 5.59. The monoisotopic (exact) mass is 344 g/mol. The molecule has 0 amide bonds. The van der Waals surface area contributed by atoms with Gasteiger partial charge in [-0.25, -0.2) is 4.98 Å². The third-order valence-electron chi connectivity index (χ3n) is 2.63. The fourth-order valence-corrected chi connectivity index (χ4v) is 3.32. The lowest BCUT2D eigenvalue weighted by atomic mass is 10.2. The van der Waals surface area contributed by atoms with Gasteiger partial charge in [-0.1, -0.05) is 11.6 Å². The summed E-state index contributed by atoms with van der Waals surface area (Å²) in [7, 11) is 0. The van der Waals surface area contributed by atoms with Gasteiger partial charge < -0.3 is 5.32 Å². The Morgan fingerprint density at radius 2 is 2.11 bits per heavy atom. The zero-order chi connectivity index (χ0) is 13.3. The van der Waals surface area contributed by atoms with E-state index >= 15 is 0 Å². The van der Waals surface area contributed by atoms with E-state index in [1.54, 1.807) is 11.3 Å². The molecule has 2 rings (SSSR count). The number of aromatic nitrogens is 1. The van der Waals surface area contributed by atoms with Gasteiger partial charge in [0, 0.05) is 14.4 Å². The van der Waals surface area contributed by atoms with Crippen LogP contribution in [0, 0.1) is 13.8 Å². The van der Waals surface area contributed by atoms with E-state index in [4.69, 9.17) is 11.6 Å². The molecule has 0 aliphatic carbocycles. The average molecular weight is 346 g/mol. The Morgan fingerprint density at radius 1 is 1.39 bits per heavy atom. The van der Waals surface area contributed by atoms with Crippen LogP contribution < -0.4 is 5.32 Å². The second-order valence-corrected chi connectivity index (χ2v) is 6.70. The first-order chi connectivity index (χ1) is 8.47. The van der Waals surface area contributed by atoms with Gasteiger partial charge in [0.15, 0.2) is 0 Å². The van der Waals surface area contributed by atoms with E-state index in [1.165, 1.54) is 4.88 Å². The van der Waals surface area contributed by atoms with Crippen LogP contribution in [0.3, 0.4) is 0 Å². The van der Waals surface area contributed by atoms with E-state index in [-0.39, 0.29) is 6.04 Å². The van der Waals surface area contributed by atoms with Crippen molar-refractivity contribution in [2.45, 2.75) is 26.8 Å². The molecular formula is C13H14BrClN2S. The highest BCUT2D eigenvalue weighted by Crippen LogP contribution is 2.32. The number of hydrogen-bond acceptors (Lipinski definition) is 3. The van der Waals surface area contributed by atoms with Crippen LogP contribution in [0.1, 0.15) is 28.5 Å². The van der Waals surface area contributed by atoms with Crippen LogP contribution in [0.5, 0.6) is 0 Å². The first-order valence-electron chi connectivity index (χ1n) is 5.63. The third-order valence-corrected chi connectivity index (χ3v) is 4.82. The minimum atomic E-state index is 0.214. The van der Waals surface area contributed by atoms with Crippen LogP contribution in [0.2, 0.25) is 5.02 Å². The average Bonchev–Trinajstić information content (AvgIpc) is 2.63. The number of halogens is 2. The van der Waals surface area contributed by atoms with Crippen molar-refractivity contribution in [1.29, 1.82) is 0 Å². The van der Waals surface area contributed by atoms with Gasteiger partial charge in [0.05, 0.1) is 22.4 Å². The van der Waals surface area contributed by atoms with Crippen LogP contribution in [-0.2, 0) is 0 Å². The van der Waals surface area contributed by atoms with Gasteiger partial charge in [0.1, 0.15) is 0 Å². The van der Waals surface area contributed by atoms with Gasteiger partial charge in [0.25, 0.3) is 0 Å². The van der Waals surface area contributed by atoms with E-state index in [1.807, 2.05) is 32.0 Å². The van der Waals surface area contributed by atoms with Crippen LogP contribution in [0.25, 0.3) is 0 Å². The number of thiazole rings is 1. The Balaban J connectivity index is 2.23. The van der Waals surface area contributed by atoms with E-state index in [0.717, 1.165) is 25.9 Å². The molecule has 1 atom stereocenters. The smallest absolute Gasteiger partial charge is 0.0900 e. The van der Waals surface area contributed by atoms with Crippen molar-refractivity contribution in [3.8, 4) is 0 Å². The Labute approximate surface area is 125 Å². The normalized spacial score (nSPS) is 12.5. The molecule has 2 nitrogen and oxygen atoms in total. The standard InChI is InChI=1S/C13H14BrClN2S/c1-7-13(18-9(3)16-7)8(2)17-12-6-10(15)4-5-11(12)14/h4-6,8,17H,1-3H3. The molecule has 0 bridgehead atoms. The molecule has 0 spiro atoms. The largest absolute Gasteiger partial charge is 0.377 e. The van der Waals surface area contributed by atoms with E-state index in [0.29, 0.717) is 0 Å². The summed E-state index contributed by atoms with van der Waals surface area (Å²) in [5.74, 6) is 0. The predicted molar refractivity (Wildman–Crippen MR) is 82.8 cm³/mol. The first-order valence-corrected chi connectivity index (χ1v) is 7.61. The van der Waals surface area contributed by atoms with Crippen molar-refractivity contribution < 1.29 is 0 Å². The summed E-state index contributed by atoms with van der Waals surface area (Å²) in [6, 6.07) is 5.95. The minimum Gasteiger partial charge on any atom is -0.377 e. The molecule has 0 radical (unpaired) electrons. The van der Waals surface area contributed by atoms with Gasteiger partial charge in [-0.15, -0.1) is 11.3 Å². The van der Waals surface area contributed by atoms with E-state index in [2.05, 4.69) is 33.2 Å². The summed E-state index contributed by atoms with van der Waals surface area (Å²) in [4.78, 5) is 5.72. The summed E-state index contributed by atoms with van der Waals surface area (Å²) in [6.07, 6.45) is 0. The second-order valence-electron chi connectivity index (χ2n) is 4.17. The topological polar surface area (TPSA) is 24.9 Å². The highest BCUT2D eigenvalue weighted by Gasteiger charge is 2.14. The van der Waals surface area contributed by atoms with E-state index < -0.39 is 0 Å². The third kappa shape index (κ3) is 3.05. The lowest BCUT2D eigenvalue weighted by Crippen LogP contribution is -2.06. The number of nitrogens with one attached hydrogen (secondary N) is 1. The summed E-state index contributed by atoms with van der Waals surface area (Å²) in [5.41, 5.74) is 2.09. The van der Waals surface area contributed by atoms with Gasteiger partial charge in [-0.05, 0) is 54.9 Å². The fourth-order valence-electron chi connectivity index (χ4n) is 1.86. The van der Waals surface area contributed by atoms with Crippen molar-refractivity contribution in [1.82, 2.24) is 4.98 Å². The lowest BCUT2D eigenvalue weighted by Gasteiger charge is -2.16. The lowest BCUT2D eigenvalue weighted by molar-refractivity contribution is 0.889. The van der Waals surface area contributed by atoms with Gasteiger partial charge in [-0.2, -0.15) is 0 Å². The maximum Gasteiger partial charge on any atom is 0.0900 e. The quantitative estimate of drug-likeness (QED) is 0.811. The number of anilines is 1. The number of rotatable bonds is 3. The van der Waals surface area contributed by atoms with E-state index in [9.17, 15) is 0 Å². The molecule has 1 aromatic carbocycles. The highest BCUT2D eigenvalue weighted by atomic mass is 79.9. The molecule has 2 aromatic rings. The highest BCUT2D eigenvalue weighted by molar-refractivity contribution is 9.10. The number of hydrogen-bond donors (Lipinski definition) is 1. The summed E-state index contributed by atoms with van der Waals surface area (Å²) >= 11 is 11.3. The molecule has 0 aliphatic rings. The van der Waals surface area contributed by atoms with Crippen molar-refractivity contribution in [3.63, 3.8) is 0 Å². The molecule has 1 N–H and O–H groups in total. The van der Waals surface area contributed by atoms with Crippen LogP contribution in [0.15, 0.2) is 22.7 Å². The minimum absolute atomic E-state index is 0.214. The van der Waals surface area contributed by atoms with Gasteiger partial charge >= 0.3 is 0 Å². The number of benzene rings is 1. The molecule has 5 heteroatoms. The Kier molecular flexibility index (Phi) is 4.30. The fraction of sp³-hybridized carbons (Fsp3) is 0.308. The first kappa shape index (κ1) is 13.8. The number of aryl methyl sites for hydroxylation is 2. The zero-order valence-electron chi connectivity index (χ0n) is 10.4. The molecule has 18 heavy (non-hydrogen) atoms. The van der Waals surface area contributed by atoms with Crippen LogP contribution >= 0.6 is 38.9 Å². The molecule has 0 saturated heterocycles. The van der Waals surface area contributed by atoms with Gasteiger partial charge in [0.2, 0.25) is 0 Å². The molecule has 1 aromatic heterocycles. The molecular weight excluding hydrogens is 332 g/mol. The molecule has 1 heterocycles. The summed E-state index contributed by atoms with van der Waals surface area (Å²) in [5, 5.41) is 5.29. The summed E-state index contributed by atoms with van der Waals surface area (Å²) < 4.78 is 1.01. The Hall–Kier alpha value is -0.580. The molecule has 0 fully saturated rings. The zero-order valence-corrected chi connectivity index (χ0v) is 13.6. The number of nitrogens with zero attached hydrogens (tertiary/aromatic N) is 1. The Bertz CT molecular complexity index is 568. The Morgan fingerprint density at radius 3 is 2.72 bits per heavy atom. The molecule has 96 valence electrons. The van der Waals surface area contributed by atoms with Crippen molar-refractivity contribution >= 4 is 44.6 Å². The van der Waals surface area contributed by atoms with Gasteiger partial charge in [-0.3, -0.25) is 0 Å². The molecule has 0 saturated carbocycles. The maximum absolute atomic E-state index is 6.01. The van der Waals surface area contributed by atoms with Crippen LogP contribution in [-0.4, -0.2) is 4.98 Å².